The minimum atomic E-state index is -0.245. The van der Waals surface area contributed by atoms with E-state index in [-0.39, 0.29) is 17.8 Å². The van der Waals surface area contributed by atoms with Crippen molar-refractivity contribution in [1.82, 2.24) is 15.1 Å². The van der Waals surface area contributed by atoms with E-state index in [1.165, 1.54) is 12.1 Å². The van der Waals surface area contributed by atoms with Gasteiger partial charge >= 0.3 is 0 Å². The van der Waals surface area contributed by atoms with Gasteiger partial charge in [0.25, 0.3) is 5.91 Å². The molecule has 8 heteroatoms. The number of ether oxygens (including phenoxy) is 1. The number of amides is 1. The lowest BCUT2D eigenvalue weighted by Gasteiger charge is -2.35. The van der Waals surface area contributed by atoms with E-state index in [1.807, 2.05) is 4.90 Å². The quantitative estimate of drug-likeness (QED) is 0.818. The van der Waals surface area contributed by atoms with Crippen LogP contribution in [0.2, 0.25) is 0 Å². The molecule has 4 rings (SSSR count). The third-order valence-corrected chi connectivity index (χ3v) is 5.78. The molecule has 1 unspecified atom stereocenters. The Labute approximate surface area is 155 Å². The van der Waals surface area contributed by atoms with Gasteiger partial charge in [-0.25, -0.2) is 4.39 Å². The monoisotopic (exact) mass is 376 g/mol. The molecule has 0 spiro atoms. The minimum absolute atomic E-state index is 0.122. The number of carbonyl (C=O) groups excluding carboxylic acids is 1. The van der Waals surface area contributed by atoms with E-state index in [1.54, 1.807) is 23.5 Å². The van der Waals surface area contributed by atoms with E-state index in [4.69, 9.17) is 4.74 Å². The minimum Gasteiger partial charge on any atom is -0.368 e. The van der Waals surface area contributed by atoms with E-state index in [0.29, 0.717) is 26.1 Å². The second-order valence-electron chi connectivity index (χ2n) is 6.60. The third kappa shape index (κ3) is 3.86. The molecule has 26 heavy (non-hydrogen) atoms. The highest BCUT2D eigenvalue weighted by molar-refractivity contribution is 7.15. The number of piperazine rings is 1. The fourth-order valence-corrected chi connectivity index (χ4v) is 4.24. The van der Waals surface area contributed by atoms with Gasteiger partial charge in [-0.15, -0.1) is 10.2 Å². The maximum Gasteiger partial charge on any atom is 0.251 e. The highest BCUT2D eigenvalue weighted by Crippen LogP contribution is 2.24. The summed E-state index contributed by atoms with van der Waals surface area (Å²) >= 11 is 1.56. The highest BCUT2D eigenvalue weighted by Gasteiger charge is 2.30. The Kier molecular flexibility index (Phi) is 5.12. The molecule has 2 saturated heterocycles. The second-order valence-corrected chi connectivity index (χ2v) is 7.64. The lowest BCUT2D eigenvalue weighted by atomic mass is 10.2. The van der Waals surface area contributed by atoms with Gasteiger partial charge in [-0.1, -0.05) is 23.5 Å². The molecule has 138 valence electrons. The zero-order chi connectivity index (χ0) is 17.9. The van der Waals surface area contributed by atoms with Crippen LogP contribution in [0.5, 0.6) is 0 Å². The Balaban J connectivity index is 1.32. The first-order valence-corrected chi connectivity index (χ1v) is 9.73. The third-order valence-electron chi connectivity index (χ3n) is 4.79. The molecular formula is C18H21FN4O2S. The standard InChI is InChI=1S/C18H21FN4O2S/c19-14-5-3-13(4-6-14)12-16-20-21-18(26-16)23-9-7-22(8-10-23)17(24)15-2-1-11-25-15/h3-6,15H,1-2,7-12H2. The van der Waals surface area contributed by atoms with Crippen molar-refractivity contribution in [2.24, 2.45) is 0 Å². The number of rotatable bonds is 4. The van der Waals surface area contributed by atoms with Gasteiger partial charge in [0.2, 0.25) is 5.13 Å². The second kappa shape index (κ2) is 7.67. The summed E-state index contributed by atoms with van der Waals surface area (Å²) in [5.41, 5.74) is 1.01. The molecule has 6 nitrogen and oxygen atoms in total. The van der Waals surface area contributed by atoms with Gasteiger partial charge < -0.3 is 14.5 Å². The van der Waals surface area contributed by atoms with Crippen molar-refractivity contribution in [3.8, 4) is 0 Å². The molecule has 1 aromatic heterocycles. The fraction of sp³-hybridized carbons (Fsp3) is 0.500. The molecule has 2 aliphatic rings. The number of anilines is 1. The van der Waals surface area contributed by atoms with Gasteiger partial charge in [0.1, 0.15) is 16.9 Å². The van der Waals surface area contributed by atoms with Gasteiger partial charge in [-0.05, 0) is 30.5 Å². The van der Waals surface area contributed by atoms with Crippen molar-refractivity contribution in [3.05, 3.63) is 40.7 Å². The first kappa shape index (κ1) is 17.4. The Morgan fingerprint density at radius 3 is 2.65 bits per heavy atom. The van der Waals surface area contributed by atoms with Crippen molar-refractivity contribution < 1.29 is 13.9 Å². The van der Waals surface area contributed by atoms with Crippen LogP contribution in [0.1, 0.15) is 23.4 Å². The maximum absolute atomic E-state index is 13.0. The van der Waals surface area contributed by atoms with E-state index < -0.39 is 0 Å². The van der Waals surface area contributed by atoms with Gasteiger partial charge in [-0.2, -0.15) is 0 Å². The normalized spacial score (nSPS) is 20.6. The van der Waals surface area contributed by atoms with Gasteiger partial charge in [0, 0.05) is 39.2 Å². The average molecular weight is 376 g/mol. The van der Waals surface area contributed by atoms with Crippen LogP contribution >= 0.6 is 11.3 Å². The summed E-state index contributed by atoms with van der Waals surface area (Å²) < 4.78 is 18.5. The van der Waals surface area contributed by atoms with Crippen LogP contribution in [0.25, 0.3) is 0 Å². The summed E-state index contributed by atoms with van der Waals surface area (Å²) in [5, 5.41) is 10.3. The summed E-state index contributed by atoms with van der Waals surface area (Å²) in [5.74, 6) is -0.112. The first-order chi connectivity index (χ1) is 12.7. The molecule has 2 aliphatic heterocycles. The number of hydrogen-bond acceptors (Lipinski definition) is 6. The lowest BCUT2D eigenvalue weighted by Crippen LogP contribution is -2.51. The van der Waals surface area contributed by atoms with Crippen molar-refractivity contribution in [3.63, 3.8) is 0 Å². The largest absolute Gasteiger partial charge is 0.368 e. The van der Waals surface area contributed by atoms with E-state index in [2.05, 4.69) is 15.1 Å². The topological polar surface area (TPSA) is 58.6 Å². The highest BCUT2D eigenvalue weighted by atomic mass is 32.1. The number of nitrogens with zero attached hydrogens (tertiary/aromatic N) is 4. The summed E-state index contributed by atoms with van der Waals surface area (Å²) in [4.78, 5) is 16.5. The Morgan fingerprint density at radius 2 is 1.96 bits per heavy atom. The molecule has 1 atom stereocenters. The average Bonchev–Trinajstić information content (AvgIpc) is 3.35. The molecule has 0 saturated carbocycles. The van der Waals surface area contributed by atoms with Crippen LogP contribution in [0.3, 0.4) is 0 Å². The van der Waals surface area contributed by atoms with Gasteiger partial charge in [0.15, 0.2) is 0 Å². The maximum atomic E-state index is 13.0. The molecule has 3 heterocycles. The Bertz CT molecular complexity index is 753. The van der Waals surface area contributed by atoms with Crippen LogP contribution < -0.4 is 4.90 Å². The Hall–Kier alpha value is -2.06. The number of aromatic nitrogens is 2. The molecule has 0 aliphatic carbocycles. The summed E-state index contributed by atoms with van der Waals surface area (Å²) in [7, 11) is 0. The predicted molar refractivity (Wildman–Crippen MR) is 96.9 cm³/mol. The van der Waals surface area contributed by atoms with E-state index in [9.17, 15) is 9.18 Å². The molecule has 0 radical (unpaired) electrons. The number of benzene rings is 1. The molecule has 0 N–H and O–H groups in total. The molecule has 2 aromatic rings. The summed E-state index contributed by atoms with van der Waals surface area (Å²) in [6.07, 6.45) is 2.21. The molecule has 1 aromatic carbocycles. The summed E-state index contributed by atoms with van der Waals surface area (Å²) in [6.45, 7) is 3.57. The van der Waals surface area contributed by atoms with E-state index >= 15 is 0 Å². The Morgan fingerprint density at radius 1 is 1.19 bits per heavy atom. The smallest absolute Gasteiger partial charge is 0.251 e. The fourth-order valence-electron chi connectivity index (χ4n) is 3.32. The van der Waals surface area contributed by atoms with Gasteiger partial charge in [-0.3, -0.25) is 4.79 Å². The molecule has 2 fully saturated rings. The van der Waals surface area contributed by atoms with Gasteiger partial charge in [0.05, 0.1) is 0 Å². The number of hydrogen-bond donors (Lipinski definition) is 0. The van der Waals surface area contributed by atoms with E-state index in [0.717, 1.165) is 41.6 Å². The predicted octanol–water partition coefficient (Wildman–Crippen LogP) is 2.10. The van der Waals surface area contributed by atoms with Crippen molar-refractivity contribution >= 4 is 22.4 Å². The number of carbonyl (C=O) groups is 1. The van der Waals surface area contributed by atoms with Crippen LogP contribution in [0.15, 0.2) is 24.3 Å². The molecular weight excluding hydrogens is 355 g/mol. The molecule has 0 bridgehead atoms. The van der Waals surface area contributed by atoms with Crippen LogP contribution in [-0.4, -0.2) is 59.9 Å². The van der Waals surface area contributed by atoms with Crippen molar-refractivity contribution in [1.29, 1.82) is 0 Å². The van der Waals surface area contributed by atoms with Crippen molar-refractivity contribution in [2.45, 2.75) is 25.4 Å². The SMILES string of the molecule is O=C(C1CCCO1)N1CCN(c2nnc(Cc3ccc(F)cc3)s2)CC1. The van der Waals surface area contributed by atoms with Crippen LogP contribution in [0.4, 0.5) is 9.52 Å². The van der Waals surface area contributed by atoms with Crippen LogP contribution in [-0.2, 0) is 16.0 Å². The zero-order valence-electron chi connectivity index (χ0n) is 14.4. The zero-order valence-corrected chi connectivity index (χ0v) is 15.3. The summed E-state index contributed by atoms with van der Waals surface area (Å²) in [6, 6.07) is 6.46. The molecule has 1 amide bonds. The van der Waals surface area contributed by atoms with Crippen molar-refractivity contribution in [2.75, 3.05) is 37.7 Å². The first-order valence-electron chi connectivity index (χ1n) is 8.91. The number of halogens is 1. The van der Waals surface area contributed by atoms with Crippen LogP contribution in [0, 0.1) is 5.82 Å². The lowest BCUT2D eigenvalue weighted by molar-refractivity contribution is -0.141.